The molecule has 0 saturated carbocycles. The van der Waals surface area contributed by atoms with Crippen LogP contribution in [-0.2, 0) is 9.53 Å². The van der Waals surface area contributed by atoms with Crippen LogP contribution in [0.15, 0.2) is 12.7 Å². The van der Waals surface area contributed by atoms with Crippen molar-refractivity contribution in [3.8, 4) is 0 Å². The first-order valence-electron chi connectivity index (χ1n) is 4.22. The summed E-state index contributed by atoms with van der Waals surface area (Å²) in [6.07, 6.45) is 3.34. The van der Waals surface area contributed by atoms with Gasteiger partial charge in [0.2, 0.25) is 0 Å². The van der Waals surface area contributed by atoms with E-state index in [0.29, 0.717) is 12.8 Å². The predicted molar refractivity (Wildman–Crippen MR) is 48.4 cm³/mol. The second-order valence-electron chi connectivity index (χ2n) is 2.79. The van der Waals surface area contributed by atoms with Crippen LogP contribution in [0.4, 0.5) is 0 Å². The zero-order valence-electron chi connectivity index (χ0n) is 7.80. The molecule has 2 N–H and O–H groups in total. The fourth-order valence-corrected chi connectivity index (χ4v) is 0.965. The normalized spacial score (nSPS) is 14.9. The SMILES string of the molecule is C=CC(=O)OC(N)(CC)CCC. The van der Waals surface area contributed by atoms with Gasteiger partial charge in [0, 0.05) is 12.5 Å². The van der Waals surface area contributed by atoms with E-state index in [-0.39, 0.29) is 0 Å². The minimum absolute atomic E-state index is 0.451. The number of esters is 1. The average molecular weight is 171 g/mol. The highest BCUT2D eigenvalue weighted by atomic mass is 16.6. The van der Waals surface area contributed by atoms with Crippen molar-refractivity contribution in [1.29, 1.82) is 0 Å². The maximum Gasteiger partial charge on any atom is 0.331 e. The number of carbonyl (C=O) groups excluding carboxylic acids is 1. The molecule has 0 aliphatic rings. The van der Waals surface area contributed by atoms with E-state index in [0.717, 1.165) is 12.5 Å². The molecular weight excluding hydrogens is 154 g/mol. The van der Waals surface area contributed by atoms with Gasteiger partial charge in [-0.25, -0.2) is 4.79 Å². The zero-order chi connectivity index (χ0) is 9.61. The molecular formula is C9H17NO2. The molecule has 12 heavy (non-hydrogen) atoms. The van der Waals surface area contributed by atoms with Crippen molar-refractivity contribution in [3.63, 3.8) is 0 Å². The summed E-state index contributed by atoms with van der Waals surface area (Å²) in [7, 11) is 0. The van der Waals surface area contributed by atoms with E-state index in [1.54, 1.807) is 0 Å². The standard InChI is InChI=1S/C9H17NO2/c1-4-7-9(10,6-3)12-8(11)5-2/h5H,2,4,6-7,10H2,1,3H3. The van der Waals surface area contributed by atoms with Gasteiger partial charge in [-0.3, -0.25) is 5.73 Å². The Labute approximate surface area is 73.6 Å². The number of nitrogens with two attached hydrogens (primary N) is 1. The molecule has 3 heteroatoms. The number of carbonyl (C=O) groups is 1. The largest absolute Gasteiger partial charge is 0.441 e. The lowest BCUT2D eigenvalue weighted by molar-refractivity contribution is -0.154. The Hall–Kier alpha value is -0.830. The van der Waals surface area contributed by atoms with Crippen molar-refractivity contribution >= 4 is 5.97 Å². The van der Waals surface area contributed by atoms with Crippen LogP contribution in [0.3, 0.4) is 0 Å². The Kier molecular flexibility index (Phi) is 4.59. The Balaban J connectivity index is 4.12. The molecule has 0 aromatic rings. The summed E-state index contributed by atoms with van der Waals surface area (Å²) >= 11 is 0. The summed E-state index contributed by atoms with van der Waals surface area (Å²) in [6.45, 7) is 7.20. The Morgan fingerprint density at radius 2 is 2.25 bits per heavy atom. The number of hydrogen-bond acceptors (Lipinski definition) is 3. The predicted octanol–water partition coefficient (Wildman–Crippen LogP) is 1.58. The van der Waals surface area contributed by atoms with E-state index in [1.807, 2.05) is 13.8 Å². The first-order chi connectivity index (χ1) is 5.58. The molecule has 0 aliphatic heterocycles. The van der Waals surface area contributed by atoms with Crippen LogP contribution in [0.2, 0.25) is 0 Å². The van der Waals surface area contributed by atoms with Gasteiger partial charge in [0.05, 0.1) is 0 Å². The van der Waals surface area contributed by atoms with Crippen LogP contribution in [0.25, 0.3) is 0 Å². The molecule has 0 rings (SSSR count). The summed E-state index contributed by atoms with van der Waals surface area (Å²) in [5.74, 6) is -0.451. The Morgan fingerprint density at radius 1 is 1.67 bits per heavy atom. The Bertz CT molecular complexity index is 168. The van der Waals surface area contributed by atoms with Crippen molar-refractivity contribution in [1.82, 2.24) is 0 Å². The Morgan fingerprint density at radius 3 is 2.58 bits per heavy atom. The highest BCUT2D eigenvalue weighted by Gasteiger charge is 2.24. The molecule has 0 bridgehead atoms. The molecule has 0 aromatic heterocycles. The lowest BCUT2D eigenvalue weighted by atomic mass is 10.1. The van der Waals surface area contributed by atoms with Crippen molar-refractivity contribution in [3.05, 3.63) is 12.7 Å². The summed E-state index contributed by atoms with van der Waals surface area (Å²) in [5, 5.41) is 0. The lowest BCUT2D eigenvalue weighted by Gasteiger charge is -2.26. The highest BCUT2D eigenvalue weighted by Crippen LogP contribution is 2.15. The molecule has 0 aliphatic carbocycles. The molecule has 0 radical (unpaired) electrons. The van der Waals surface area contributed by atoms with E-state index >= 15 is 0 Å². The number of ether oxygens (including phenoxy) is 1. The summed E-state index contributed by atoms with van der Waals surface area (Å²) in [5.41, 5.74) is 4.99. The molecule has 0 heterocycles. The van der Waals surface area contributed by atoms with Gasteiger partial charge >= 0.3 is 5.97 Å². The van der Waals surface area contributed by atoms with Crippen molar-refractivity contribution in [2.45, 2.75) is 38.8 Å². The number of hydrogen-bond donors (Lipinski definition) is 1. The van der Waals surface area contributed by atoms with Crippen LogP contribution < -0.4 is 5.73 Å². The second kappa shape index (κ2) is 4.93. The van der Waals surface area contributed by atoms with Gasteiger partial charge in [-0.2, -0.15) is 0 Å². The maximum absolute atomic E-state index is 10.8. The molecule has 1 atom stereocenters. The average Bonchev–Trinajstić information content (AvgIpc) is 2.05. The fourth-order valence-electron chi connectivity index (χ4n) is 0.965. The third-order valence-corrected chi connectivity index (χ3v) is 1.74. The smallest absolute Gasteiger partial charge is 0.331 e. The molecule has 1 unspecified atom stereocenters. The minimum atomic E-state index is -0.806. The van der Waals surface area contributed by atoms with Crippen molar-refractivity contribution < 1.29 is 9.53 Å². The zero-order valence-corrected chi connectivity index (χ0v) is 7.80. The summed E-state index contributed by atoms with van der Waals surface area (Å²) in [6, 6.07) is 0. The molecule has 0 amide bonds. The monoisotopic (exact) mass is 171 g/mol. The first kappa shape index (κ1) is 11.2. The molecule has 0 fully saturated rings. The van der Waals surface area contributed by atoms with Gasteiger partial charge in [-0.1, -0.05) is 26.8 Å². The topological polar surface area (TPSA) is 52.3 Å². The molecule has 70 valence electrons. The molecule has 0 saturated heterocycles. The third kappa shape index (κ3) is 3.53. The van der Waals surface area contributed by atoms with Gasteiger partial charge in [0.25, 0.3) is 0 Å². The molecule has 0 spiro atoms. The quantitative estimate of drug-likeness (QED) is 0.388. The van der Waals surface area contributed by atoms with Gasteiger partial charge in [-0.05, 0) is 6.42 Å². The molecule has 0 aromatic carbocycles. The van der Waals surface area contributed by atoms with Crippen LogP contribution in [0.5, 0.6) is 0 Å². The van der Waals surface area contributed by atoms with E-state index in [2.05, 4.69) is 6.58 Å². The van der Waals surface area contributed by atoms with E-state index in [9.17, 15) is 4.79 Å². The van der Waals surface area contributed by atoms with Crippen molar-refractivity contribution in [2.75, 3.05) is 0 Å². The van der Waals surface area contributed by atoms with E-state index < -0.39 is 11.7 Å². The van der Waals surface area contributed by atoms with Gasteiger partial charge < -0.3 is 4.74 Å². The van der Waals surface area contributed by atoms with Gasteiger partial charge in [0.1, 0.15) is 0 Å². The van der Waals surface area contributed by atoms with E-state index in [4.69, 9.17) is 10.5 Å². The van der Waals surface area contributed by atoms with Gasteiger partial charge in [-0.15, -0.1) is 0 Å². The fraction of sp³-hybridized carbons (Fsp3) is 0.667. The number of rotatable bonds is 5. The third-order valence-electron chi connectivity index (χ3n) is 1.74. The lowest BCUT2D eigenvalue weighted by Crippen LogP contribution is -2.43. The van der Waals surface area contributed by atoms with E-state index in [1.165, 1.54) is 0 Å². The summed E-state index contributed by atoms with van der Waals surface area (Å²) in [4.78, 5) is 10.8. The van der Waals surface area contributed by atoms with Crippen molar-refractivity contribution in [2.24, 2.45) is 5.73 Å². The van der Waals surface area contributed by atoms with Crippen LogP contribution in [-0.4, -0.2) is 11.7 Å². The minimum Gasteiger partial charge on any atom is -0.441 e. The van der Waals surface area contributed by atoms with Gasteiger partial charge in [0.15, 0.2) is 5.72 Å². The first-order valence-corrected chi connectivity index (χ1v) is 4.22. The molecule has 3 nitrogen and oxygen atoms in total. The highest BCUT2D eigenvalue weighted by molar-refractivity contribution is 5.81. The van der Waals surface area contributed by atoms with Crippen LogP contribution in [0, 0.1) is 0 Å². The van der Waals surface area contributed by atoms with Crippen LogP contribution >= 0.6 is 0 Å². The maximum atomic E-state index is 10.8. The van der Waals surface area contributed by atoms with Crippen LogP contribution in [0.1, 0.15) is 33.1 Å². The summed E-state index contributed by atoms with van der Waals surface area (Å²) < 4.78 is 5.00. The second-order valence-corrected chi connectivity index (χ2v) is 2.79.